The van der Waals surface area contributed by atoms with Crippen molar-refractivity contribution >= 4 is 5.96 Å². The van der Waals surface area contributed by atoms with E-state index in [-0.39, 0.29) is 6.10 Å². The third-order valence-corrected chi connectivity index (χ3v) is 4.16. The van der Waals surface area contributed by atoms with Crippen LogP contribution < -0.4 is 10.6 Å². The molecule has 2 N–H and O–H groups in total. The molecule has 1 heterocycles. The molecule has 1 fully saturated rings. The number of hydrogen-bond donors (Lipinski definition) is 2. The normalized spacial score (nSPS) is 21.2. The molecule has 0 aliphatic carbocycles. The number of guanidine groups is 1. The van der Waals surface area contributed by atoms with Crippen molar-refractivity contribution in [3.63, 3.8) is 0 Å². The lowest BCUT2D eigenvalue weighted by atomic mass is 9.95. The number of hydrogen-bond acceptors (Lipinski definition) is 3. The minimum Gasteiger partial charge on any atom is -0.379 e. The summed E-state index contributed by atoms with van der Waals surface area (Å²) in [5.74, 6) is 1.31. The Morgan fingerprint density at radius 1 is 1.29 bits per heavy atom. The van der Waals surface area contributed by atoms with E-state index in [0.29, 0.717) is 12.0 Å². The van der Waals surface area contributed by atoms with E-state index in [0.717, 1.165) is 45.1 Å². The van der Waals surface area contributed by atoms with Crippen LogP contribution in [0.2, 0.25) is 0 Å². The van der Waals surface area contributed by atoms with Crippen molar-refractivity contribution in [1.82, 2.24) is 10.6 Å². The van der Waals surface area contributed by atoms with Gasteiger partial charge in [0.05, 0.1) is 12.2 Å². The zero-order valence-corrected chi connectivity index (χ0v) is 15.1. The van der Waals surface area contributed by atoms with Gasteiger partial charge in [0.15, 0.2) is 5.96 Å². The van der Waals surface area contributed by atoms with Gasteiger partial charge < -0.3 is 20.1 Å². The zero-order valence-electron chi connectivity index (χ0n) is 15.1. The Bertz CT molecular complexity index is 491. The molecule has 134 valence electrons. The molecule has 1 aromatic rings. The third-order valence-electron chi connectivity index (χ3n) is 4.16. The van der Waals surface area contributed by atoms with E-state index >= 15 is 0 Å². The average Bonchev–Trinajstić information content (AvgIpc) is 3.06. The van der Waals surface area contributed by atoms with E-state index in [1.165, 1.54) is 5.56 Å². The van der Waals surface area contributed by atoms with Crippen LogP contribution in [0.5, 0.6) is 0 Å². The van der Waals surface area contributed by atoms with Gasteiger partial charge in [0.25, 0.3) is 0 Å². The summed E-state index contributed by atoms with van der Waals surface area (Å²) in [4.78, 5) is 4.29. The number of benzene rings is 1. The number of ether oxygens (including phenoxy) is 2. The molecule has 5 nitrogen and oxygen atoms in total. The van der Waals surface area contributed by atoms with Gasteiger partial charge in [0, 0.05) is 39.3 Å². The predicted molar refractivity (Wildman–Crippen MR) is 98.3 cm³/mol. The number of nitrogens with zero attached hydrogens (tertiary/aromatic N) is 1. The molecule has 2 atom stereocenters. The highest BCUT2D eigenvalue weighted by atomic mass is 16.5. The van der Waals surface area contributed by atoms with Crippen LogP contribution in [-0.4, -0.2) is 45.4 Å². The Labute approximate surface area is 145 Å². The summed E-state index contributed by atoms with van der Waals surface area (Å²) in [7, 11) is 1.81. The van der Waals surface area contributed by atoms with Crippen LogP contribution in [0.4, 0.5) is 0 Å². The van der Waals surface area contributed by atoms with Crippen molar-refractivity contribution in [2.75, 3.05) is 33.4 Å². The maximum atomic E-state index is 5.94. The topological polar surface area (TPSA) is 54.9 Å². The summed E-state index contributed by atoms with van der Waals surface area (Å²) in [5, 5.41) is 6.77. The fourth-order valence-corrected chi connectivity index (χ4v) is 2.90. The first-order chi connectivity index (χ1) is 11.7. The molecule has 24 heavy (non-hydrogen) atoms. The van der Waals surface area contributed by atoms with Gasteiger partial charge in [-0.1, -0.05) is 30.3 Å². The predicted octanol–water partition coefficient (Wildman–Crippen LogP) is 2.74. The summed E-state index contributed by atoms with van der Waals surface area (Å²) in [6.45, 7) is 7.43. The molecule has 0 amide bonds. The lowest BCUT2D eigenvalue weighted by Gasteiger charge is -2.21. The van der Waals surface area contributed by atoms with Crippen LogP contribution in [-0.2, 0) is 9.47 Å². The fourth-order valence-electron chi connectivity index (χ4n) is 2.90. The van der Waals surface area contributed by atoms with E-state index in [9.17, 15) is 0 Å². The molecular weight excluding hydrogens is 302 g/mol. The lowest BCUT2D eigenvalue weighted by Crippen LogP contribution is -2.40. The highest BCUT2D eigenvalue weighted by molar-refractivity contribution is 5.79. The quantitative estimate of drug-likeness (QED) is 0.436. The van der Waals surface area contributed by atoms with Crippen molar-refractivity contribution in [3.05, 3.63) is 35.9 Å². The van der Waals surface area contributed by atoms with E-state index in [4.69, 9.17) is 9.47 Å². The van der Waals surface area contributed by atoms with Crippen LogP contribution in [0.1, 0.15) is 38.4 Å². The summed E-state index contributed by atoms with van der Waals surface area (Å²) in [6, 6.07) is 10.5. The number of rotatable bonds is 8. The van der Waals surface area contributed by atoms with Crippen molar-refractivity contribution in [2.45, 2.75) is 38.9 Å². The van der Waals surface area contributed by atoms with Gasteiger partial charge in [-0.2, -0.15) is 0 Å². The first-order valence-corrected chi connectivity index (χ1v) is 8.93. The summed E-state index contributed by atoms with van der Waals surface area (Å²) < 4.78 is 11.5. The van der Waals surface area contributed by atoms with E-state index in [2.05, 4.69) is 53.7 Å². The molecule has 5 heteroatoms. The molecule has 2 unspecified atom stereocenters. The highest BCUT2D eigenvalue weighted by Gasteiger charge is 2.29. The van der Waals surface area contributed by atoms with E-state index in [1.54, 1.807) is 7.05 Å². The molecule has 0 saturated carbocycles. The van der Waals surface area contributed by atoms with E-state index < -0.39 is 0 Å². The van der Waals surface area contributed by atoms with Gasteiger partial charge >= 0.3 is 0 Å². The molecule has 1 aromatic carbocycles. The number of aliphatic imine (C=N–C) groups is 1. The monoisotopic (exact) mass is 333 g/mol. The Kier molecular flexibility index (Phi) is 8.05. The van der Waals surface area contributed by atoms with Crippen LogP contribution in [0.15, 0.2) is 35.3 Å². The van der Waals surface area contributed by atoms with Crippen LogP contribution in [0, 0.1) is 5.92 Å². The molecule has 0 radical (unpaired) electrons. The SMILES string of the molecule is CN=C(NCCCOC(C)C)NCC1CCOC1c1ccccc1. The van der Waals surface area contributed by atoms with Gasteiger partial charge in [-0.15, -0.1) is 0 Å². The van der Waals surface area contributed by atoms with Gasteiger partial charge in [-0.25, -0.2) is 0 Å². The molecule has 0 aromatic heterocycles. The Morgan fingerprint density at radius 2 is 2.08 bits per heavy atom. The highest BCUT2D eigenvalue weighted by Crippen LogP contribution is 2.33. The summed E-state index contributed by atoms with van der Waals surface area (Å²) >= 11 is 0. The molecule has 0 bridgehead atoms. The fraction of sp³-hybridized carbons (Fsp3) is 0.632. The van der Waals surface area contributed by atoms with Crippen molar-refractivity contribution in [2.24, 2.45) is 10.9 Å². The Hall–Kier alpha value is -1.59. The third kappa shape index (κ3) is 6.13. The van der Waals surface area contributed by atoms with Crippen molar-refractivity contribution in [1.29, 1.82) is 0 Å². The van der Waals surface area contributed by atoms with Gasteiger partial charge in [-0.05, 0) is 32.3 Å². The average molecular weight is 333 g/mol. The van der Waals surface area contributed by atoms with Gasteiger partial charge in [0.1, 0.15) is 0 Å². The molecule has 1 aliphatic rings. The van der Waals surface area contributed by atoms with Crippen LogP contribution in [0.3, 0.4) is 0 Å². The second-order valence-electron chi connectivity index (χ2n) is 6.40. The van der Waals surface area contributed by atoms with Crippen LogP contribution in [0.25, 0.3) is 0 Å². The minimum atomic E-state index is 0.177. The zero-order chi connectivity index (χ0) is 17.2. The molecule has 1 saturated heterocycles. The Balaban J connectivity index is 1.72. The summed E-state index contributed by atoms with van der Waals surface area (Å²) in [5.41, 5.74) is 1.26. The van der Waals surface area contributed by atoms with Crippen molar-refractivity contribution in [3.8, 4) is 0 Å². The van der Waals surface area contributed by atoms with E-state index in [1.807, 2.05) is 6.07 Å². The largest absolute Gasteiger partial charge is 0.379 e. The number of nitrogens with one attached hydrogen (secondary N) is 2. The van der Waals surface area contributed by atoms with Gasteiger partial charge in [0.2, 0.25) is 0 Å². The molecule has 2 rings (SSSR count). The maximum absolute atomic E-state index is 5.94. The standard InChI is InChI=1S/C19H31N3O2/c1-15(2)23-12-7-11-21-19(20-3)22-14-17-10-13-24-18(17)16-8-5-4-6-9-16/h4-6,8-9,15,17-18H,7,10-14H2,1-3H3,(H2,20,21,22). The maximum Gasteiger partial charge on any atom is 0.190 e. The Morgan fingerprint density at radius 3 is 2.79 bits per heavy atom. The first-order valence-electron chi connectivity index (χ1n) is 8.93. The molecule has 0 spiro atoms. The molecular formula is C19H31N3O2. The lowest BCUT2D eigenvalue weighted by molar-refractivity contribution is 0.0776. The second kappa shape index (κ2) is 10.3. The first kappa shape index (κ1) is 18.7. The van der Waals surface area contributed by atoms with Crippen molar-refractivity contribution < 1.29 is 9.47 Å². The van der Waals surface area contributed by atoms with Gasteiger partial charge in [-0.3, -0.25) is 4.99 Å². The van der Waals surface area contributed by atoms with Crippen LogP contribution >= 0.6 is 0 Å². The minimum absolute atomic E-state index is 0.177. The summed E-state index contributed by atoms with van der Waals surface area (Å²) in [6.07, 6.45) is 2.51. The molecule has 1 aliphatic heterocycles. The smallest absolute Gasteiger partial charge is 0.190 e. The second-order valence-corrected chi connectivity index (χ2v) is 6.40.